The van der Waals surface area contributed by atoms with Crippen molar-refractivity contribution in [1.29, 1.82) is 0 Å². The average Bonchev–Trinajstić information content (AvgIpc) is 2.39. The lowest BCUT2D eigenvalue weighted by molar-refractivity contribution is 0.0664. The van der Waals surface area contributed by atoms with Crippen molar-refractivity contribution >= 4 is 11.8 Å². The lowest BCUT2D eigenvalue weighted by Crippen LogP contribution is -2.47. The van der Waals surface area contributed by atoms with Gasteiger partial charge in [0.2, 0.25) is 5.91 Å². The molecule has 5 nitrogen and oxygen atoms in total. The van der Waals surface area contributed by atoms with Crippen molar-refractivity contribution in [2.24, 2.45) is 5.73 Å². The maximum absolute atomic E-state index is 12.2. The van der Waals surface area contributed by atoms with Crippen LogP contribution >= 0.6 is 0 Å². The van der Waals surface area contributed by atoms with Gasteiger partial charge in [-0.3, -0.25) is 9.59 Å². The number of nitrogens with two attached hydrogens (primary N) is 1. The predicted octanol–water partition coefficient (Wildman–Crippen LogP) is 0.173. The second kappa shape index (κ2) is 5.18. The van der Waals surface area contributed by atoms with Gasteiger partial charge in [0.15, 0.2) is 0 Å². The van der Waals surface area contributed by atoms with Gasteiger partial charge in [0.05, 0.1) is 0 Å². The minimum Gasteiger partial charge on any atom is -0.366 e. The Bertz CT molecular complexity index is 465. The van der Waals surface area contributed by atoms with Crippen LogP contribution in [-0.4, -0.2) is 54.8 Å². The molecule has 1 saturated heterocycles. The number of likely N-dealkylation sites (N-methyl/N-ethyl adjacent to an activating group) is 1. The van der Waals surface area contributed by atoms with E-state index in [1.165, 1.54) is 0 Å². The molecular weight excluding hydrogens is 230 g/mol. The maximum Gasteiger partial charge on any atom is 0.253 e. The van der Waals surface area contributed by atoms with E-state index in [0.29, 0.717) is 11.1 Å². The Balaban J connectivity index is 2.13. The van der Waals surface area contributed by atoms with Gasteiger partial charge in [-0.2, -0.15) is 0 Å². The first-order valence-corrected chi connectivity index (χ1v) is 5.95. The number of amides is 2. The smallest absolute Gasteiger partial charge is 0.253 e. The Hall–Kier alpha value is -1.88. The van der Waals surface area contributed by atoms with Crippen molar-refractivity contribution in [2.75, 3.05) is 33.2 Å². The molecule has 96 valence electrons. The zero-order chi connectivity index (χ0) is 13.1. The third kappa shape index (κ3) is 2.68. The first-order chi connectivity index (χ1) is 8.58. The number of benzene rings is 1. The second-order valence-corrected chi connectivity index (χ2v) is 4.54. The lowest BCUT2D eigenvalue weighted by Gasteiger charge is -2.32. The lowest BCUT2D eigenvalue weighted by atomic mass is 10.1. The van der Waals surface area contributed by atoms with E-state index in [0.717, 1.165) is 26.2 Å². The largest absolute Gasteiger partial charge is 0.366 e. The number of primary amides is 1. The molecule has 0 saturated carbocycles. The molecule has 0 aromatic heterocycles. The molecule has 0 atom stereocenters. The van der Waals surface area contributed by atoms with Gasteiger partial charge >= 0.3 is 0 Å². The maximum atomic E-state index is 12.2. The molecule has 0 unspecified atom stereocenters. The molecule has 0 spiro atoms. The molecule has 1 fully saturated rings. The Morgan fingerprint density at radius 2 is 1.72 bits per heavy atom. The normalized spacial score (nSPS) is 16.6. The summed E-state index contributed by atoms with van der Waals surface area (Å²) in [5.41, 5.74) is 6.10. The van der Waals surface area contributed by atoms with Gasteiger partial charge in [-0.1, -0.05) is 6.07 Å². The van der Waals surface area contributed by atoms with E-state index in [1.807, 2.05) is 7.05 Å². The van der Waals surface area contributed by atoms with Crippen molar-refractivity contribution in [3.8, 4) is 0 Å². The fourth-order valence-corrected chi connectivity index (χ4v) is 2.00. The number of hydrogen-bond acceptors (Lipinski definition) is 3. The number of carbonyl (C=O) groups excluding carboxylic acids is 2. The molecule has 0 radical (unpaired) electrons. The average molecular weight is 247 g/mol. The third-order valence-electron chi connectivity index (χ3n) is 3.18. The van der Waals surface area contributed by atoms with Crippen LogP contribution in [0.15, 0.2) is 24.3 Å². The van der Waals surface area contributed by atoms with E-state index in [-0.39, 0.29) is 5.91 Å². The standard InChI is InChI=1S/C13H17N3O2/c1-15-5-7-16(8-6-15)13(18)11-4-2-3-10(9-11)12(14)17/h2-4,9H,5-8H2,1H3,(H2,14,17). The molecule has 1 heterocycles. The van der Waals surface area contributed by atoms with Crippen LogP contribution in [-0.2, 0) is 0 Å². The van der Waals surface area contributed by atoms with E-state index >= 15 is 0 Å². The monoisotopic (exact) mass is 247 g/mol. The second-order valence-electron chi connectivity index (χ2n) is 4.54. The molecular formula is C13H17N3O2. The summed E-state index contributed by atoms with van der Waals surface area (Å²) < 4.78 is 0. The van der Waals surface area contributed by atoms with Gasteiger partial charge in [-0.15, -0.1) is 0 Å². The Morgan fingerprint density at radius 3 is 2.33 bits per heavy atom. The number of hydrogen-bond donors (Lipinski definition) is 1. The van der Waals surface area contributed by atoms with Crippen molar-refractivity contribution in [3.63, 3.8) is 0 Å². The number of nitrogens with zero attached hydrogens (tertiary/aromatic N) is 2. The Morgan fingerprint density at radius 1 is 1.11 bits per heavy atom. The van der Waals surface area contributed by atoms with Crippen LogP contribution in [0.2, 0.25) is 0 Å². The number of piperazine rings is 1. The molecule has 2 rings (SSSR count). The highest BCUT2D eigenvalue weighted by Gasteiger charge is 2.20. The fraction of sp³-hybridized carbons (Fsp3) is 0.385. The third-order valence-corrected chi connectivity index (χ3v) is 3.18. The quantitative estimate of drug-likeness (QED) is 0.810. The number of carbonyl (C=O) groups is 2. The molecule has 18 heavy (non-hydrogen) atoms. The van der Waals surface area contributed by atoms with Gasteiger partial charge in [0, 0.05) is 37.3 Å². The van der Waals surface area contributed by atoms with E-state index in [2.05, 4.69) is 4.90 Å². The molecule has 0 aliphatic carbocycles. The summed E-state index contributed by atoms with van der Waals surface area (Å²) in [6, 6.07) is 6.57. The fourth-order valence-electron chi connectivity index (χ4n) is 2.00. The van der Waals surface area contributed by atoms with Gasteiger partial charge < -0.3 is 15.5 Å². The molecule has 1 aliphatic heterocycles. The zero-order valence-electron chi connectivity index (χ0n) is 10.4. The minimum absolute atomic E-state index is 0.0359. The summed E-state index contributed by atoms with van der Waals surface area (Å²) in [7, 11) is 2.04. The van der Waals surface area contributed by atoms with Gasteiger partial charge in [-0.05, 0) is 25.2 Å². The molecule has 5 heteroatoms. The summed E-state index contributed by atoms with van der Waals surface area (Å²) in [5.74, 6) is -0.547. The van der Waals surface area contributed by atoms with Crippen molar-refractivity contribution in [1.82, 2.24) is 9.80 Å². The highest BCUT2D eigenvalue weighted by molar-refractivity contribution is 5.99. The van der Waals surface area contributed by atoms with E-state index < -0.39 is 5.91 Å². The molecule has 0 bridgehead atoms. The van der Waals surface area contributed by atoms with Gasteiger partial charge in [-0.25, -0.2) is 0 Å². The van der Waals surface area contributed by atoms with Crippen LogP contribution in [0.3, 0.4) is 0 Å². The van der Waals surface area contributed by atoms with Gasteiger partial charge in [0.25, 0.3) is 5.91 Å². The first kappa shape index (κ1) is 12.6. The van der Waals surface area contributed by atoms with Crippen molar-refractivity contribution in [3.05, 3.63) is 35.4 Å². The SMILES string of the molecule is CN1CCN(C(=O)c2cccc(C(N)=O)c2)CC1. The topological polar surface area (TPSA) is 66.6 Å². The summed E-state index contributed by atoms with van der Waals surface area (Å²) in [6.07, 6.45) is 0. The van der Waals surface area contributed by atoms with Crippen LogP contribution in [0.5, 0.6) is 0 Å². The van der Waals surface area contributed by atoms with E-state index in [1.54, 1.807) is 29.2 Å². The highest BCUT2D eigenvalue weighted by atomic mass is 16.2. The van der Waals surface area contributed by atoms with Gasteiger partial charge in [0.1, 0.15) is 0 Å². The first-order valence-electron chi connectivity index (χ1n) is 5.95. The zero-order valence-corrected chi connectivity index (χ0v) is 10.4. The summed E-state index contributed by atoms with van der Waals surface area (Å²) >= 11 is 0. The molecule has 1 aliphatic rings. The van der Waals surface area contributed by atoms with Crippen LogP contribution < -0.4 is 5.73 Å². The molecule has 2 amide bonds. The minimum atomic E-state index is -0.511. The van der Waals surface area contributed by atoms with Crippen LogP contribution in [0.4, 0.5) is 0 Å². The van der Waals surface area contributed by atoms with Crippen LogP contribution in [0.1, 0.15) is 20.7 Å². The molecule has 1 aromatic carbocycles. The Labute approximate surface area is 106 Å². The summed E-state index contributed by atoms with van der Waals surface area (Å²) in [6.45, 7) is 3.19. The highest BCUT2D eigenvalue weighted by Crippen LogP contribution is 2.10. The van der Waals surface area contributed by atoms with Crippen LogP contribution in [0.25, 0.3) is 0 Å². The summed E-state index contributed by atoms with van der Waals surface area (Å²) in [5, 5.41) is 0. The predicted molar refractivity (Wildman–Crippen MR) is 68.4 cm³/mol. The molecule has 2 N–H and O–H groups in total. The van der Waals surface area contributed by atoms with E-state index in [9.17, 15) is 9.59 Å². The van der Waals surface area contributed by atoms with Crippen molar-refractivity contribution < 1.29 is 9.59 Å². The number of rotatable bonds is 2. The molecule has 1 aromatic rings. The van der Waals surface area contributed by atoms with Crippen molar-refractivity contribution in [2.45, 2.75) is 0 Å². The van der Waals surface area contributed by atoms with E-state index in [4.69, 9.17) is 5.73 Å². The Kier molecular flexibility index (Phi) is 3.62. The van der Waals surface area contributed by atoms with Crippen LogP contribution in [0, 0.1) is 0 Å². The summed E-state index contributed by atoms with van der Waals surface area (Å²) in [4.78, 5) is 27.3.